The number of fused-ring (bicyclic) bond motifs is 1. The van der Waals surface area contributed by atoms with E-state index in [1.54, 1.807) is 18.2 Å². The number of ketones is 1. The maximum Gasteiger partial charge on any atom is 0.300 e. The van der Waals surface area contributed by atoms with Crippen LogP contribution in [0.3, 0.4) is 0 Å². The van der Waals surface area contributed by atoms with Crippen LogP contribution in [0.5, 0.6) is 5.75 Å². The summed E-state index contributed by atoms with van der Waals surface area (Å²) in [6.45, 7) is 2.48. The monoisotopic (exact) mass is 429 g/mol. The van der Waals surface area contributed by atoms with Gasteiger partial charge in [0.1, 0.15) is 17.3 Å². The van der Waals surface area contributed by atoms with Gasteiger partial charge in [0, 0.05) is 17.7 Å². The SMILES string of the molecule is Cc1cccc(C2/C(=C(/O)c3ccc4c(c3)CCO4)C(=O)C(=O)N2c2ccc(F)cc2)c1. The lowest BCUT2D eigenvalue weighted by atomic mass is 9.93. The van der Waals surface area contributed by atoms with Crippen LogP contribution in [-0.2, 0) is 16.0 Å². The standard InChI is InChI=1S/C26H20FNO4/c1-15-3-2-4-17(13-15)23-22(24(29)18-5-10-21-16(14-18)11-12-32-21)25(30)26(31)28(23)20-8-6-19(27)7-9-20/h2-10,13-14,23,29H,11-12H2,1H3/b24-22-. The number of ether oxygens (including phenoxy) is 1. The first-order chi connectivity index (χ1) is 15.4. The second-order valence-corrected chi connectivity index (χ2v) is 7.98. The average molecular weight is 429 g/mol. The lowest BCUT2D eigenvalue weighted by Gasteiger charge is -2.25. The van der Waals surface area contributed by atoms with E-state index in [2.05, 4.69) is 0 Å². The summed E-state index contributed by atoms with van der Waals surface area (Å²) in [6.07, 6.45) is 0.710. The molecule has 0 aliphatic carbocycles. The summed E-state index contributed by atoms with van der Waals surface area (Å²) in [6, 6.07) is 17.2. The molecule has 3 aromatic carbocycles. The predicted octanol–water partition coefficient (Wildman–Crippen LogP) is 4.70. The largest absolute Gasteiger partial charge is 0.507 e. The zero-order valence-corrected chi connectivity index (χ0v) is 17.3. The maximum absolute atomic E-state index is 13.5. The Balaban J connectivity index is 1.71. The Morgan fingerprint density at radius 2 is 1.84 bits per heavy atom. The number of halogens is 1. The van der Waals surface area contributed by atoms with Crippen molar-refractivity contribution in [3.8, 4) is 5.75 Å². The van der Waals surface area contributed by atoms with Crippen LogP contribution in [-0.4, -0.2) is 23.4 Å². The van der Waals surface area contributed by atoms with Crippen LogP contribution in [0.2, 0.25) is 0 Å². The van der Waals surface area contributed by atoms with Crippen LogP contribution in [0.25, 0.3) is 5.76 Å². The van der Waals surface area contributed by atoms with Crippen molar-refractivity contribution in [3.63, 3.8) is 0 Å². The lowest BCUT2D eigenvalue weighted by molar-refractivity contribution is -0.132. The number of nitrogens with zero attached hydrogens (tertiary/aromatic N) is 1. The smallest absolute Gasteiger partial charge is 0.300 e. The van der Waals surface area contributed by atoms with Crippen molar-refractivity contribution in [1.29, 1.82) is 0 Å². The lowest BCUT2D eigenvalue weighted by Crippen LogP contribution is -2.29. The summed E-state index contributed by atoms with van der Waals surface area (Å²) in [5.41, 5.74) is 3.39. The van der Waals surface area contributed by atoms with Crippen LogP contribution in [0.4, 0.5) is 10.1 Å². The van der Waals surface area contributed by atoms with Crippen molar-refractivity contribution >= 4 is 23.1 Å². The molecule has 0 radical (unpaired) electrons. The van der Waals surface area contributed by atoms with E-state index in [1.165, 1.54) is 29.2 Å². The molecule has 3 aromatic rings. The highest BCUT2D eigenvalue weighted by Gasteiger charge is 2.47. The fourth-order valence-corrected chi connectivity index (χ4v) is 4.35. The first kappa shape index (κ1) is 20.0. The number of aryl methyl sites for hydroxylation is 1. The van der Waals surface area contributed by atoms with Crippen molar-refractivity contribution in [2.75, 3.05) is 11.5 Å². The van der Waals surface area contributed by atoms with Crippen molar-refractivity contribution in [1.82, 2.24) is 0 Å². The molecule has 0 bridgehead atoms. The number of anilines is 1. The van der Waals surface area contributed by atoms with Gasteiger partial charge in [-0.1, -0.05) is 29.8 Å². The van der Waals surface area contributed by atoms with Gasteiger partial charge in [-0.05, 0) is 60.5 Å². The predicted molar refractivity (Wildman–Crippen MR) is 118 cm³/mol. The fourth-order valence-electron chi connectivity index (χ4n) is 4.35. The third-order valence-corrected chi connectivity index (χ3v) is 5.87. The molecular weight excluding hydrogens is 409 g/mol. The number of amides is 1. The van der Waals surface area contributed by atoms with Gasteiger partial charge in [0.05, 0.1) is 18.2 Å². The van der Waals surface area contributed by atoms with E-state index in [0.29, 0.717) is 29.8 Å². The van der Waals surface area contributed by atoms with Crippen molar-refractivity contribution in [2.45, 2.75) is 19.4 Å². The van der Waals surface area contributed by atoms with Crippen LogP contribution >= 0.6 is 0 Å². The zero-order valence-electron chi connectivity index (χ0n) is 17.3. The number of carbonyl (C=O) groups is 2. The molecule has 2 aliphatic heterocycles. The number of carbonyl (C=O) groups excluding carboxylic acids is 2. The molecule has 0 spiro atoms. The third kappa shape index (κ3) is 3.24. The van der Waals surface area contributed by atoms with Crippen LogP contribution in [0.15, 0.2) is 72.3 Å². The van der Waals surface area contributed by atoms with Crippen LogP contribution in [0.1, 0.15) is 28.3 Å². The number of benzene rings is 3. The van der Waals surface area contributed by atoms with E-state index in [0.717, 1.165) is 16.9 Å². The number of aliphatic hydroxyl groups is 1. The van der Waals surface area contributed by atoms with Gasteiger partial charge in [0.25, 0.3) is 11.7 Å². The second-order valence-electron chi connectivity index (χ2n) is 7.98. The Labute approximate surface area is 184 Å². The molecule has 2 aliphatic rings. The maximum atomic E-state index is 13.5. The highest BCUT2D eigenvalue weighted by atomic mass is 19.1. The molecule has 5 nitrogen and oxygen atoms in total. The summed E-state index contributed by atoms with van der Waals surface area (Å²) in [7, 11) is 0. The highest BCUT2D eigenvalue weighted by Crippen LogP contribution is 2.42. The zero-order chi connectivity index (χ0) is 22.4. The van der Waals surface area contributed by atoms with Crippen molar-refractivity contribution in [3.05, 3.63) is 100 Å². The molecule has 160 valence electrons. The van der Waals surface area contributed by atoms with Gasteiger partial charge in [-0.3, -0.25) is 14.5 Å². The van der Waals surface area contributed by atoms with E-state index < -0.39 is 23.5 Å². The molecule has 32 heavy (non-hydrogen) atoms. The molecule has 1 atom stereocenters. The minimum Gasteiger partial charge on any atom is -0.507 e. The van der Waals surface area contributed by atoms with Gasteiger partial charge in [-0.25, -0.2) is 4.39 Å². The third-order valence-electron chi connectivity index (χ3n) is 5.87. The normalized spacial score (nSPS) is 19.2. The molecule has 1 fully saturated rings. The highest BCUT2D eigenvalue weighted by molar-refractivity contribution is 6.51. The van der Waals surface area contributed by atoms with Gasteiger partial charge in [0.2, 0.25) is 0 Å². The van der Waals surface area contributed by atoms with Gasteiger partial charge in [-0.2, -0.15) is 0 Å². The molecule has 1 amide bonds. The van der Waals surface area contributed by atoms with Crippen LogP contribution < -0.4 is 9.64 Å². The minimum atomic E-state index is -0.843. The Bertz CT molecular complexity index is 1280. The molecule has 1 unspecified atom stereocenters. The minimum absolute atomic E-state index is 0.00351. The van der Waals surface area contributed by atoms with E-state index in [1.807, 2.05) is 31.2 Å². The quantitative estimate of drug-likeness (QED) is 0.373. The average Bonchev–Trinajstić information content (AvgIpc) is 3.36. The van der Waals surface area contributed by atoms with Gasteiger partial charge < -0.3 is 9.84 Å². The Morgan fingerprint density at radius 3 is 2.59 bits per heavy atom. The van der Waals surface area contributed by atoms with E-state index in [9.17, 15) is 19.1 Å². The van der Waals surface area contributed by atoms with Gasteiger partial charge in [0.15, 0.2) is 0 Å². The van der Waals surface area contributed by atoms with E-state index in [4.69, 9.17) is 4.74 Å². The first-order valence-electron chi connectivity index (χ1n) is 10.3. The van der Waals surface area contributed by atoms with Gasteiger partial charge in [-0.15, -0.1) is 0 Å². The molecular formula is C26H20FNO4. The molecule has 2 heterocycles. The fraction of sp³-hybridized carbons (Fsp3) is 0.154. The summed E-state index contributed by atoms with van der Waals surface area (Å²) in [5.74, 6) is -1.49. The number of Topliss-reactive ketones (excluding diaryl/α,β-unsaturated/α-hetero) is 1. The summed E-state index contributed by atoms with van der Waals surface area (Å²) < 4.78 is 19.1. The molecule has 0 saturated carbocycles. The number of hydrogen-bond donors (Lipinski definition) is 1. The molecule has 1 saturated heterocycles. The molecule has 0 aromatic heterocycles. The Hall–Kier alpha value is -3.93. The first-order valence-corrected chi connectivity index (χ1v) is 10.3. The van der Waals surface area contributed by atoms with Crippen molar-refractivity contribution in [2.24, 2.45) is 0 Å². The van der Waals surface area contributed by atoms with Crippen molar-refractivity contribution < 1.29 is 23.8 Å². The number of rotatable bonds is 3. The number of aliphatic hydroxyl groups excluding tert-OH is 1. The van der Waals surface area contributed by atoms with Gasteiger partial charge >= 0.3 is 0 Å². The van der Waals surface area contributed by atoms with E-state index in [-0.39, 0.29) is 11.3 Å². The summed E-state index contributed by atoms with van der Waals surface area (Å²) in [4.78, 5) is 27.6. The molecule has 6 heteroatoms. The Kier molecular flexibility index (Phi) is 4.78. The molecule has 5 rings (SSSR count). The summed E-state index contributed by atoms with van der Waals surface area (Å²) in [5, 5.41) is 11.2. The van der Waals surface area contributed by atoms with Crippen LogP contribution in [0, 0.1) is 12.7 Å². The van der Waals surface area contributed by atoms with E-state index >= 15 is 0 Å². The molecule has 1 N–H and O–H groups in total. The Morgan fingerprint density at radius 1 is 1.06 bits per heavy atom. The summed E-state index contributed by atoms with van der Waals surface area (Å²) >= 11 is 0. The second kappa shape index (κ2) is 7.64. The topological polar surface area (TPSA) is 66.8 Å². The number of hydrogen-bond acceptors (Lipinski definition) is 4.